The predicted octanol–water partition coefficient (Wildman–Crippen LogP) is 5.52. The normalized spacial score (nSPS) is 14.8. The zero-order valence-electron chi connectivity index (χ0n) is 17.4. The van der Waals surface area contributed by atoms with Crippen molar-refractivity contribution in [3.8, 4) is 0 Å². The number of aliphatic imine (C=N–C) groups is 1. The van der Waals surface area contributed by atoms with E-state index in [1.807, 2.05) is 48.5 Å². The van der Waals surface area contributed by atoms with Gasteiger partial charge in [-0.25, -0.2) is 15.0 Å². The Hall–Kier alpha value is -4.73. The molecule has 10 nitrogen and oxygen atoms in total. The molecule has 0 radical (unpaired) electrons. The summed E-state index contributed by atoms with van der Waals surface area (Å²) in [5, 5.41) is 30.3. The molecule has 0 N–H and O–H groups in total. The molecule has 1 aliphatic heterocycles. The lowest BCUT2D eigenvalue weighted by molar-refractivity contribution is -0.393. The average Bonchev–Trinajstić information content (AvgIpc) is 3.18. The van der Waals surface area contributed by atoms with Crippen LogP contribution in [-0.2, 0) is 0 Å². The average molecular weight is 440 g/mol. The van der Waals surface area contributed by atoms with E-state index in [1.54, 1.807) is 6.92 Å². The first-order chi connectivity index (χ1) is 15.9. The van der Waals surface area contributed by atoms with E-state index >= 15 is 0 Å². The Bertz CT molecular complexity index is 1470. The van der Waals surface area contributed by atoms with Crippen molar-refractivity contribution in [1.29, 1.82) is 0 Å². The van der Waals surface area contributed by atoms with Gasteiger partial charge in [0.15, 0.2) is 0 Å². The van der Waals surface area contributed by atoms with Gasteiger partial charge in [0, 0.05) is 29.0 Å². The van der Waals surface area contributed by atoms with E-state index in [1.165, 1.54) is 17.1 Å². The fourth-order valence-electron chi connectivity index (χ4n) is 3.87. The summed E-state index contributed by atoms with van der Waals surface area (Å²) >= 11 is 0. The van der Waals surface area contributed by atoms with E-state index in [2.05, 4.69) is 5.10 Å². The number of non-ortho nitro benzene ring substituents is 1. The fourth-order valence-corrected chi connectivity index (χ4v) is 3.87. The summed E-state index contributed by atoms with van der Waals surface area (Å²) in [6.07, 6.45) is 0.374. The van der Waals surface area contributed by atoms with E-state index < -0.39 is 15.5 Å². The molecule has 10 heteroatoms. The molecule has 4 aromatic rings. The van der Waals surface area contributed by atoms with Crippen LogP contribution in [0.3, 0.4) is 0 Å². The van der Waals surface area contributed by atoms with Crippen LogP contribution in [0.25, 0.3) is 21.8 Å². The van der Waals surface area contributed by atoms with Gasteiger partial charge in [0.2, 0.25) is 0 Å². The molecule has 0 saturated heterocycles. The maximum Gasteiger partial charge on any atom is 0.301 e. The number of rotatable bonds is 4. The number of benzene rings is 3. The number of para-hydroxylation sites is 2. The van der Waals surface area contributed by atoms with E-state index in [9.17, 15) is 20.2 Å². The summed E-state index contributed by atoms with van der Waals surface area (Å²) in [6, 6.07) is 18.7. The van der Waals surface area contributed by atoms with E-state index in [0.29, 0.717) is 23.7 Å². The highest BCUT2D eigenvalue weighted by atomic mass is 16.6. The summed E-state index contributed by atoms with van der Waals surface area (Å²) < 4.78 is 0. The number of fused-ring (bicyclic) bond motifs is 2. The number of nitrogens with zero attached hydrogens (tertiary/aromatic N) is 6. The SMILES string of the molecule is CC1=NN(c2ccc([N+](=O)[O-])cc2[N+](=O)[O-])C(=Nc2c3ccccc3nc3ccccc23)C1. The van der Waals surface area contributed by atoms with Crippen molar-refractivity contribution in [2.45, 2.75) is 13.3 Å². The maximum absolute atomic E-state index is 11.7. The van der Waals surface area contributed by atoms with Crippen molar-refractivity contribution >= 4 is 56.1 Å². The standard InChI is InChI=1S/C23H16N6O4/c1-14-12-22(27(26-14)20-11-10-15(28(30)31)13-21(20)29(32)33)25-23-16-6-2-4-8-18(16)24-19-9-5-3-7-17(19)23/h2-11,13H,12H2,1H3. The van der Waals surface area contributed by atoms with Crippen LogP contribution < -0.4 is 5.01 Å². The van der Waals surface area contributed by atoms with Crippen LogP contribution in [0, 0.1) is 20.2 Å². The van der Waals surface area contributed by atoms with Gasteiger partial charge in [-0.2, -0.15) is 5.10 Å². The molecule has 0 aliphatic carbocycles. The molecular formula is C23H16N6O4. The third-order valence-corrected chi connectivity index (χ3v) is 5.32. The summed E-state index contributed by atoms with van der Waals surface area (Å²) in [7, 11) is 0. The second kappa shape index (κ2) is 7.75. The van der Waals surface area contributed by atoms with Gasteiger partial charge in [0.25, 0.3) is 5.69 Å². The molecule has 33 heavy (non-hydrogen) atoms. The Labute approximate surface area is 186 Å². The molecule has 5 rings (SSSR count). The molecule has 0 saturated carbocycles. The van der Waals surface area contributed by atoms with Crippen molar-refractivity contribution in [2.24, 2.45) is 10.1 Å². The molecule has 0 spiro atoms. The van der Waals surface area contributed by atoms with Crippen molar-refractivity contribution < 1.29 is 9.85 Å². The minimum atomic E-state index is -0.667. The number of nitro groups is 2. The molecular weight excluding hydrogens is 424 g/mol. The molecule has 1 aliphatic rings. The highest BCUT2D eigenvalue weighted by Gasteiger charge is 2.30. The zero-order valence-corrected chi connectivity index (χ0v) is 17.4. The third-order valence-electron chi connectivity index (χ3n) is 5.32. The Morgan fingerprint density at radius 2 is 1.55 bits per heavy atom. The summed E-state index contributed by atoms with van der Waals surface area (Å²) in [5.41, 5.74) is 2.28. The Balaban J connectivity index is 1.73. The fraction of sp³-hybridized carbons (Fsp3) is 0.0870. The maximum atomic E-state index is 11.7. The molecule has 0 amide bonds. The molecule has 0 unspecified atom stereocenters. The second-order valence-electron chi connectivity index (χ2n) is 7.53. The quantitative estimate of drug-likeness (QED) is 0.233. The minimum Gasteiger partial charge on any atom is -0.258 e. The molecule has 1 aromatic heterocycles. The number of nitro benzene ring substituents is 2. The lowest BCUT2D eigenvalue weighted by Gasteiger charge is -2.16. The van der Waals surface area contributed by atoms with Gasteiger partial charge in [0.05, 0.1) is 32.6 Å². The topological polar surface area (TPSA) is 127 Å². The molecule has 3 aromatic carbocycles. The molecule has 0 atom stereocenters. The monoisotopic (exact) mass is 440 g/mol. The smallest absolute Gasteiger partial charge is 0.258 e. The molecule has 0 fully saturated rings. The first-order valence-electron chi connectivity index (χ1n) is 10.0. The zero-order chi connectivity index (χ0) is 23.1. The summed E-state index contributed by atoms with van der Waals surface area (Å²) in [6.45, 7) is 1.80. The van der Waals surface area contributed by atoms with Crippen LogP contribution >= 0.6 is 0 Å². The number of amidine groups is 1. The second-order valence-corrected chi connectivity index (χ2v) is 7.53. The largest absolute Gasteiger partial charge is 0.301 e. The lowest BCUT2D eigenvalue weighted by Crippen LogP contribution is -2.21. The number of hydrogen-bond acceptors (Lipinski definition) is 7. The van der Waals surface area contributed by atoms with E-state index in [-0.39, 0.29) is 11.4 Å². The Kier molecular flexibility index (Phi) is 4.74. The third kappa shape index (κ3) is 3.53. The molecule has 0 bridgehead atoms. The van der Waals surface area contributed by atoms with Crippen molar-refractivity contribution in [3.05, 3.63) is 87.0 Å². The van der Waals surface area contributed by atoms with Crippen LogP contribution in [0.15, 0.2) is 76.8 Å². The molecule has 2 heterocycles. The summed E-state index contributed by atoms with van der Waals surface area (Å²) in [5.74, 6) is 0.478. The van der Waals surface area contributed by atoms with Gasteiger partial charge >= 0.3 is 5.69 Å². The van der Waals surface area contributed by atoms with Gasteiger partial charge in [-0.1, -0.05) is 36.4 Å². The van der Waals surface area contributed by atoms with Gasteiger partial charge in [-0.05, 0) is 25.1 Å². The van der Waals surface area contributed by atoms with Crippen LogP contribution in [0.4, 0.5) is 22.7 Å². The van der Waals surface area contributed by atoms with Crippen molar-refractivity contribution in [1.82, 2.24) is 4.98 Å². The van der Waals surface area contributed by atoms with E-state index in [4.69, 9.17) is 9.98 Å². The van der Waals surface area contributed by atoms with Crippen LogP contribution in [0.2, 0.25) is 0 Å². The number of hydrazone groups is 1. The van der Waals surface area contributed by atoms with Gasteiger partial charge in [-0.3, -0.25) is 20.2 Å². The van der Waals surface area contributed by atoms with Crippen LogP contribution in [-0.4, -0.2) is 26.4 Å². The van der Waals surface area contributed by atoms with Crippen molar-refractivity contribution in [3.63, 3.8) is 0 Å². The highest BCUT2D eigenvalue weighted by Crippen LogP contribution is 2.37. The van der Waals surface area contributed by atoms with E-state index in [0.717, 1.165) is 27.9 Å². The first-order valence-corrected chi connectivity index (χ1v) is 10.0. The molecule has 162 valence electrons. The highest BCUT2D eigenvalue weighted by molar-refractivity contribution is 6.18. The lowest BCUT2D eigenvalue weighted by atomic mass is 10.1. The van der Waals surface area contributed by atoms with Gasteiger partial charge in [0.1, 0.15) is 11.5 Å². The number of aromatic nitrogens is 1. The summed E-state index contributed by atoms with van der Waals surface area (Å²) in [4.78, 5) is 31.1. The van der Waals surface area contributed by atoms with Crippen molar-refractivity contribution in [2.75, 3.05) is 5.01 Å². The van der Waals surface area contributed by atoms with Crippen LogP contribution in [0.5, 0.6) is 0 Å². The predicted molar refractivity (Wildman–Crippen MR) is 126 cm³/mol. The first kappa shape index (κ1) is 20.2. The number of anilines is 1. The Morgan fingerprint density at radius 3 is 2.15 bits per heavy atom. The van der Waals surface area contributed by atoms with Gasteiger partial charge in [-0.15, -0.1) is 0 Å². The Morgan fingerprint density at radius 1 is 0.909 bits per heavy atom. The number of hydrogen-bond donors (Lipinski definition) is 0. The minimum absolute atomic E-state index is 0.115. The van der Waals surface area contributed by atoms with Crippen LogP contribution in [0.1, 0.15) is 13.3 Å². The number of pyridine rings is 1. The van der Waals surface area contributed by atoms with Gasteiger partial charge < -0.3 is 0 Å².